The van der Waals surface area contributed by atoms with Gasteiger partial charge in [-0.15, -0.1) is 0 Å². The van der Waals surface area contributed by atoms with Gasteiger partial charge in [0.05, 0.1) is 19.8 Å². The second-order valence-electron chi connectivity index (χ2n) is 4.58. The van der Waals surface area contributed by atoms with Crippen molar-refractivity contribution in [2.24, 2.45) is 0 Å². The lowest BCUT2D eigenvalue weighted by Crippen LogP contribution is -2.08. The lowest BCUT2D eigenvalue weighted by Gasteiger charge is -2.08. The number of rotatable bonds is 7. The minimum absolute atomic E-state index is 0.377. The SMILES string of the molecule is COc1ccc(COCCC(O)/C=C2\C=CC(=O)O2)cc1. The molecule has 0 aliphatic carbocycles. The summed E-state index contributed by atoms with van der Waals surface area (Å²) in [6.45, 7) is 0.886. The average molecular weight is 290 g/mol. The number of cyclic esters (lactones) is 1. The summed E-state index contributed by atoms with van der Waals surface area (Å²) in [7, 11) is 1.62. The van der Waals surface area contributed by atoms with E-state index in [9.17, 15) is 9.90 Å². The van der Waals surface area contributed by atoms with Gasteiger partial charge in [0, 0.05) is 19.1 Å². The Bertz CT molecular complexity index is 530. The van der Waals surface area contributed by atoms with E-state index in [2.05, 4.69) is 0 Å². The number of benzene rings is 1. The third-order valence-corrected chi connectivity index (χ3v) is 2.94. The third kappa shape index (κ3) is 5.06. The monoisotopic (exact) mass is 290 g/mol. The Balaban J connectivity index is 1.67. The van der Waals surface area contributed by atoms with Crippen LogP contribution in [-0.2, 0) is 20.9 Å². The smallest absolute Gasteiger partial charge is 0.336 e. The van der Waals surface area contributed by atoms with Crippen LogP contribution < -0.4 is 4.74 Å². The van der Waals surface area contributed by atoms with E-state index < -0.39 is 12.1 Å². The number of esters is 1. The molecule has 1 atom stereocenters. The average Bonchev–Trinajstić information content (AvgIpc) is 2.89. The van der Waals surface area contributed by atoms with Crippen LogP contribution in [0, 0.1) is 0 Å². The van der Waals surface area contributed by atoms with Crippen LogP contribution in [0.5, 0.6) is 5.75 Å². The lowest BCUT2D eigenvalue weighted by atomic mass is 10.2. The molecule has 0 amide bonds. The second-order valence-corrected chi connectivity index (χ2v) is 4.58. The molecule has 5 nitrogen and oxygen atoms in total. The van der Waals surface area contributed by atoms with E-state index >= 15 is 0 Å². The molecular formula is C16H18O5. The van der Waals surface area contributed by atoms with E-state index in [-0.39, 0.29) is 0 Å². The van der Waals surface area contributed by atoms with Gasteiger partial charge >= 0.3 is 5.97 Å². The van der Waals surface area contributed by atoms with E-state index in [1.165, 1.54) is 18.2 Å². The molecular weight excluding hydrogens is 272 g/mol. The molecule has 112 valence electrons. The molecule has 0 bridgehead atoms. The largest absolute Gasteiger partial charge is 0.497 e. The summed E-state index contributed by atoms with van der Waals surface area (Å²) in [6, 6.07) is 7.61. The molecule has 1 N–H and O–H groups in total. The Morgan fingerprint density at radius 2 is 2.05 bits per heavy atom. The quantitative estimate of drug-likeness (QED) is 0.614. The number of aliphatic hydroxyl groups excluding tert-OH is 1. The van der Waals surface area contributed by atoms with Crippen LogP contribution in [-0.4, -0.2) is 30.9 Å². The topological polar surface area (TPSA) is 65.0 Å². The number of allylic oxidation sites excluding steroid dienone is 1. The van der Waals surface area contributed by atoms with E-state index in [0.717, 1.165) is 11.3 Å². The van der Waals surface area contributed by atoms with Crippen molar-refractivity contribution in [1.82, 2.24) is 0 Å². The summed E-state index contributed by atoms with van der Waals surface area (Å²) in [5, 5.41) is 9.76. The van der Waals surface area contributed by atoms with Gasteiger partial charge in [0.2, 0.25) is 0 Å². The van der Waals surface area contributed by atoms with Crippen LogP contribution >= 0.6 is 0 Å². The van der Waals surface area contributed by atoms with Crippen molar-refractivity contribution in [1.29, 1.82) is 0 Å². The normalized spacial score (nSPS) is 17.0. The number of methoxy groups -OCH3 is 1. The van der Waals surface area contributed by atoms with E-state index in [1.807, 2.05) is 24.3 Å². The molecule has 5 heteroatoms. The molecule has 1 heterocycles. The first-order chi connectivity index (χ1) is 10.2. The van der Waals surface area contributed by atoms with Crippen LogP contribution in [0.15, 0.2) is 48.3 Å². The summed E-state index contributed by atoms with van der Waals surface area (Å²) in [4.78, 5) is 10.8. The molecule has 1 aliphatic heterocycles. The van der Waals surface area contributed by atoms with Gasteiger partial charge in [0.15, 0.2) is 0 Å². The Kier molecular flexibility index (Phi) is 5.54. The maximum Gasteiger partial charge on any atom is 0.336 e. The minimum atomic E-state index is -0.702. The highest BCUT2D eigenvalue weighted by atomic mass is 16.5. The Morgan fingerprint density at radius 1 is 1.29 bits per heavy atom. The molecule has 0 fully saturated rings. The Morgan fingerprint density at radius 3 is 2.67 bits per heavy atom. The Hall–Kier alpha value is -2.11. The predicted octanol–water partition coefficient (Wildman–Crippen LogP) is 1.96. The number of hydrogen-bond acceptors (Lipinski definition) is 5. The van der Waals surface area contributed by atoms with Gasteiger partial charge in [-0.05, 0) is 29.8 Å². The first-order valence-corrected chi connectivity index (χ1v) is 6.68. The molecule has 1 aromatic carbocycles. The molecule has 0 radical (unpaired) electrons. The van der Waals surface area contributed by atoms with Gasteiger partial charge in [-0.2, -0.15) is 0 Å². The molecule has 1 unspecified atom stereocenters. The van der Waals surface area contributed by atoms with E-state index in [1.54, 1.807) is 7.11 Å². The van der Waals surface area contributed by atoms with Crippen molar-refractivity contribution >= 4 is 5.97 Å². The van der Waals surface area contributed by atoms with Crippen LogP contribution in [0.4, 0.5) is 0 Å². The van der Waals surface area contributed by atoms with Crippen molar-refractivity contribution < 1.29 is 24.1 Å². The summed E-state index contributed by atoms with van der Waals surface area (Å²) >= 11 is 0. The standard InChI is InChI=1S/C16H18O5/c1-19-14-4-2-12(3-5-14)11-20-9-8-13(17)10-15-6-7-16(18)21-15/h2-7,10,13,17H,8-9,11H2,1H3/b15-10+. The fourth-order valence-corrected chi connectivity index (χ4v) is 1.81. The fraction of sp³-hybridized carbons (Fsp3) is 0.312. The van der Waals surface area contributed by atoms with E-state index in [0.29, 0.717) is 25.4 Å². The maximum absolute atomic E-state index is 10.8. The van der Waals surface area contributed by atoms with Gasteiger partial charge in [-0.3, -0.25) is 0 Å². The third-order valence-electron chi connectivity index (χ3n) is 2.94. The number of aliphatic hydroxyl groups is 1. The predicted molar refractivity (Wildman–Crippen MR) is 76.6 cm³/mol. The van der Waals surface area contributed by atoms with Crippen LogP contribution in [0.25, 0.3) is 0 Å². The molecule has 0 saturated heterocycles. The highest BCUT2D eigenvalue weighted by Gasteiger charge is 2.11. The molecule has 2 rings (SSSR count). The van der Waals surface area contributed by atoms with Crippen molar-refractivity contribution in [2.75, 3.05) is 13.7 Å². The van der Waals surface area contributed by atoms with Crippen molar-refractivity contribution in [3.63, 3.8) is 0 Å². The van der Waals surface area contributed by atoms with Crippen molar-refractivity contribution in [3.05, 3.63) is 53.8 Å². The Labute approximate surface area is 123 Å². The number of hydrogen-bond donors (Lipinski definition) is 1. The van der Waals surface area contributed by atoms with Crippen molar-refractivity contribution in [2.45, 2.75) is 19.1 Å². The van der Waals surface area contributed by atoms with Gasteiger partial charge < -0.3 is 19.3 Å². The molecule has 21 heavy (non-hydrogen) atoms. The number of carbonyl (C=O) groups is 1. The highest BCUT2D eigenvalue weighted by molar-refractivity contribution is 5.86. The first-order valence-electron chi connectivity index (χ1n) is 6.68. The summed E-state index contributed by atoms with van der Waals surface area (Å²) < 4.78 is 15.4. The van der Waals surface area contributed by atoms with E-state index in [4.69, 9.17) is 14.2 Å². The lowest BCUT2D eigenvalue weighted by molar-refractivity contribution is -0.132. The van der Waals surface area contributed by atoms with Crippen LogP contribution in [0.3, 0.4) is 0 Å². The van der Waals surface area contributed by atoms with Gasteiger partial charge in [-0.25, -0.2) is 4.79 Å². The van der Waals surface area contributed by atoms with Crippen molar-refractivity contribution in [3.8, 4) is 5.75 Å². The molecule has 0 saturated carbocycles. The number of ether oxygens (including phenoxy) is 3. The fourth-order valence-electron chi connectivity index (χ4n) is 1.81. The highest BCUT2D eigenvalue weighted by Crippen LogP contribution is 2.13. The molecule has 0 aromatic heterocycles. The molecule has 1 aromatic rings. The maximum atomic E-state index is 10.8. The van der Waals surface area contributed by atoms with Gasteiger partial charge in [-0.1, -0.05) is 12.1 Å². The number of carbonyl (C=O) groups excluding carboxylic acids is 1. The summed E-state index contributed by atoms with van der Waals surface area (Å²) in [6.07, 6.45) is 4.08. The summed E-state index contributed by atoms with van der Waals surface area (Å²) in [5.41, 5.74) is 1.04. The zero-order valence-corrected chi connectivity index (χ0v) is 11.8. The van der Waals surface area contributed by atoms with Crippen LogP contribution in [0.2, 0.25) is 0 Å². The molecule has 1 aliphatic rings. The minimum Gasteiger partial charge on any atom is -0.497 e. The zero-order chi connectivity index (χ0) is 15.1. The second kappa shape index (κ2) is 7.61. The first kappa shape index (κ1) is 15.3. The summed E-state index contributed by atoms with van der Waals surface area (Å²) in [5.74, 6) is 0.770. The van der Waals surface area contributed by atoms with Crippen LogP contribution in [0.1, 0.15) is 12.0 Å². The van der Waals surface area contributed by atoms with Gasteiger partial charge in [0.1, 0.15) is 11.5 Å². The zero-order valence-electron chi connectivity index (χ0n) is 11.8. The van der Waals surface area contributed by atoms with Gasteiger partial charge in [0.25, 0.3) is 0 Å². The molecule has 0 spiro atoms.